The van der Waals surface area contributed by atoms with E-state index in [1.807, 2.05) is 0 Å². The second kappa shape index (κ2) is 7.56. The number of amides is 1. The van der Waals surface area contributed by atoms with Crippen molar-refractivity contribution >= 4 is 11.6 Å². The molecule has 132 valence electrons. The van der Waals surface area contributed by atoms with E-state index in [-0.39, 0.29) is 30.5 Å². The largest absolute Gasteiger partial charge is 0.348 e. The third-order valence-electron chi connectivity index (χ3n) is 3.79. The van der Waals surface area contributed by atoms with Gasteiger partial charge >= 0.3 is 5.69 Å². The van der Waals surface area contributed by atoms with Crippen LogP contribution in [0.2, 0.25) is 0 Å². The Balaban J connectivity index is 1.72. The first-order valence-electron chi connectivity index (χ1n) is 7.80. The maximum absolute atomic E-state index is 12.9. The molecule has 7 nitrogen and oxygen atoms in total. The molecule has 3 aromatic rings. The number of aromatic nitrogens is 2. The first kappa shape index (κ1) is 17.3. The molecule has 3 rings (SSSR count). The van der Waals surface area contributed by atoms with Crippen LogP contribution in [0.15, 0.2) is 60.9 Å². The molecule has 1 heterocycles. The lowest BCUT2D eigenvalue weighted by Crippen LogP contribution is -2.24. The van der Waals surface area contributed by atoms with E-state index in [0.717, 1.165) is 11.8 Å². The average Bonchev–Trinajstić information content (AvgIpc) is 3.10. The summed E-state index contributed by atoms with van der Waals surface area (Å²) in [5.74, 6) is -0.620. The molecule has 1 aromatic heterocycles. The molecule has 0 aliphatic heterocycles. The van der Waals surface area contributed by atoms with E-state index >= 15 is 0 Å². The SMILES string of the molecule is O=C(NCc1ccc(F)cc1)c1ccccc1Cn1cc([N+](=O)[O-])cn1. The highest BCUT2D eigenvalue weighted by atomic mass is 19.1. The van der Waals surface area contributed by atoms with Gasteiger partial charge in [-0.15, -0.1) is 0 Å². The van der Waals surface area contributed by atoms with Crippen molar-refractivity contribution in [2.45, 2.75) is 13.1 Å². The fourth-order valence-corrected chi connectivity index (χ4v) is 2.47. The van der Waals surface area contributed by atoms with E-state index in [1.165, 1.54) is 23.0 Å². The summed E-state index contributed by atoms with van der Waals surface area (Å²) in [5, 5.41) is 17.5. The molecular weight excluding hydrogens is 339 g/mol. The highest BCUT2D eigenvalue weighted by Gasteiger charge is 2.14. The molecule has 1 amide bonds. The molecule has 0 saturated carbocycles. The maximum Gasteiger partial charge on any atom is 0.307 e. The van der Waals surface area contributed by atoms with Gasteiger partial charge in [-0.1, -0.05) is 30.3 Å². The lowest BCUT2D eigenvalue weighted by molar-refractivity contribution is -0.385. The Labute approximate surface area is 148 Å². The summed E-state index contributed by atoms with van der Waals surface area (Å²) in [6.45, 7) is 0.495. The number of carbonyl (C=O) groups excluding carboxylic acids is 1. The highest BCUT2D eigenvalue weighted by molar-refractivity contribution is 5.95. The number of halogens is 1. The highest BCUT2D eigenvalue weighted by Crippen LogP contribution is 2.14. The number of hydrogen-bond donors (Lipinski definition) is 1. The molecule has 0 aliphatic carbocycles. The molecule has 26 heavy (non-hydrogen) atoms. The number of benzene rings is 2. The summed E-state index contributed by atoms with van der Waals surface area (Å²) >= 11 is 0. The minimum absolute atomic E-state index is 0.108. The summed E-state index contributed by atoms with van der Waals surface area (Å²) in [5.41, 5.74) is 1.80. The molecule has 0 unspecified atom stereocenters. The van der Waals surface area contributed by atoms with Crippen LogP contribution < -0.4 is 5.32 Å². The molecule has 1 N–H and O–H groups in total. The van der Waals surface area contributed by atoms with Gasteiger partial charge in [0.05, 0.1) is 11.5 Å². The zero-order valence-corrected chi connectivity index (χ0v) is 13.6. The van der Waals surface area contributed by atoms with Gasteiger partial charge in [0.25, 0.3) is 5.91 Å². The normalized spacial score (nSPS) is 10.5. The quantitative estimate of drug-likeness (QED) is 0.544. The van der Waals surface area contributed by atoms with Crippen LogP contribution in [0.3, 0.4) is 0 Å². The Morgan fingerprint density at radius 2 is 1.92 bits per heavy atom. The Morgan fingerprint density at radius 3 is 2.62 bits per heavy atom. The Hall–Kier alpha value is -3.55. The number of hydrogen-bond acceptors (Lipinski definition) is 4. The van der Waals surface area contributed by atoms with Gasteiger partial charge in [-0.2, -0.15) is 5.10 Å². The summed E-state index contributed by atoms with van der Waals surface area (Å²) in [6.07, 6.45) is 2.48. The third kappa shape index (κ3) is 4.10. The van der Waals surface area contributed by atoms with Crippen molar-refractivity contribution < 1.29 is 14.1 Å². The average molecular weight is 354 g/mol. The molecule has 0 spiro atoms. The van der Waals surface area contributed by atoms with Gasteiger partial charge in [-0.3, -0.25) is 19.6 Å². The third-order valence-corrected chi connectivity index (χ3v) is 3.79. The monoisotopic (exact) mass is 354 g/mol. The number of nitrogens with one attached hydrogen (secondary N) is 1. The first-order valence-corrected chi connectivity index (χ1v) is 7.80. The molecule has 0 radical (unpaired) electrons. The number of carbonyl (C=O) groups is 1. The van der Waals surface area contributed by atoms with Gasteiger partial charge in [0.1, 0.15) is 18.2 Å². The van der Waals surface area contributed by atoms with Crippen molar-refractivity contribution in [2.75, 3.05) is 0 Å². The Morgan fingerprint density at radius 1 is 1.19 bits per heavy atom. The zero-order chi connectivity index (χ0) is 18.5. The van der Waals surface area contributed by atoms with E-state index in [1.54, 1.807) is 36.4 Å². The van der Waals surface area contributed by atoms with Crippen molar-refractivity contribution in [1.29, 1.82) is 0 Å². The van der Waals surface area contributed by atoms with Crippen LogP contribution in [0, 0.1) is 15.9 Å². The van der Waals surface area contributed by atoms with Gasteiger partial charge in [-0.05, 0) is 29.3 Å². The van der Waals surface area contributed by atoms with Crippen LogP contribution in [0.1, 0.15) is 21.5 Å². The van der Waals surface area contributed by atoms with Gasteiger partial charge in [0.15, 0.2) is 0 Å². The smallest absolute Gasteiger partial charge is 0.307 e. The molecule has 0 aliphatic rings. The van der Waals surface area contributed by atoms with Crippen molar-refractivity contribution in [3.63, 3.8) is 0 Å². The van der Waals surface area contributed by atoms with Crippen LogP contribution in [0.4, 0.5) is 10.1 Å². The summed E-state index contributed by atoms with van der Waals surface area (Å²) in [4.78, 5) is 22.7. The molecule has 2 aromatic carbocycles. The van der Waals surface area contributed by atoms with Crippen LogP contribution in [0.25, 0.3) is 0 Å². The van der Waals surface area contributed by atoms with Gasteiger partial charge < -0.3 is 5.32 Å². The molecular formula is C18H15FN4O3. The number of nitrogens with zero attached hydrogens (tertiary/aromatic N) is 3. The van der Waals surface area contributed by atoms with Gasteiger partial charge in [0, 0.05) is 12.1 Å². The predicted octanol–water partition coefficient (Wildman–Crippen LogP) is 2.91. The number of nitro groups is 1. The van der Waals surface area contributed by atoms with E-state index in [4.69, 9.17) is 0 Å². The summed E-state index contributed by atoms with van der Waals surface area (Å²) in [6, 6.07) is 12.8. The zero-order valence-electron chi connectivity index (χ0n) is 13.6. The van der Waals surface area contributed by atoms with Crippen LogP contribution in [0.5, 0.6) is 0 Å². The Kier molecular flexibility index (Phi) is 5.02. The van der Waals surface area contributed by atoms with E-state index in [0.29, 0.717) is 11.1 Å². The molecule has 0 saturated heterocycles. The predicted molar refractivity (Wildman–Crippen MR) is 92.0 cm³/mol. The van der Waals surface area contributed by atoms with E-state index < -0.39 is 4.92 Å². The van der Waals surface area contributed by atoms with E-state index in [2.05, 4.69) is 10.4 Å². The lowest BCUT2D eigenvalue weighted by atomic mass is 10.1. The molecule has 0 atom stereocenters. The van der Waals surface area contributed by atoms with Crippen molar-refractivity contribution in [1.82, 2.24) is 15.1 Å². The minimum Gasteiger partial charge on any atom is -0.348 e. The van der Waals surface area contributed by atoms with E-state index in [9.17, 15) is 19.3 Å². The molecule has 0 bridgehead atoms. The fourth-order valence-electron chi connectivity index (χ4n) is 2.47. The first-order chi connectivity index (χ1) is 12.5. The number of rotatable bonds is 6. The maximum atomic E-state index is 12.9. The summed E-state index contributed by atoms with van der Waals surface area (Å²) < 4.78 is 14.3. The molecule has 0 fully saturated rings. The fraction of sp³-hybridized carbons (Fsp3) is 0.111. The van der Waals surface area contributed by atoms with Gasteiger partial charge in [-0.25, -0.2) is 4.39 Å². The second-order valence-electron chi connectivity index (χ2n) is 5.62. The Bertz CT molecular complexity index is 938. The van der Waals surface area contributed by atoms with Crippen molar-refractivity contribution in [3.05, 3.63) is 93.5 Å². The van der Waals surface area contributed by atoms with Crippen molar-refractivity contribution in [2.24, 2.45) is 0 Å². The topological polar surface area (TPSA) is 90.1 Å². The standard InChI is InChI=1S/C18H15FN4O3/c19-15-7-5-13(6-8-15)9-20-18(24)17-4-2-1-3-14(17)11-22-12-16(10-21-22)23(25)26/h1-8,10,12H,9,11H2,(H,20,24). The minimum atomic E-state index is -0.523. The molecule has 8 heteroatoms. The van der Waals surface area contributed by atoms with Crippen LogP contribution in [-0.2, 0) is 13.1 Å². The summed E-state index contributed by atoms with van der Waals surface area (Å²) in [7, 11) is 0. The van der Waals surface area contributed by atoms with Crippen LogP contribution in [-0.4, -0.2) is 20.6 Å². The second-order valence-corrected chi connectivity index (χ2v) is 5.62. The van der Waals surface area contributed by atoms with Gasteiger partial charge in [0.2, 0.25) is 0 Å². The lowest BCUT2D eigenvalue weighted by Gasteiger charge is -2.10. The van der Waals surface area contributed by atoms with Crippen molar-refractivity contribution in [3.8, 4) is 0 Å². The van der Waals surface area contributed by atoms with Crippen LogP contribution >= 0.6 is 0 Å².